The summed E-state index contributed by atoms with van der Waals surface area (Å²) in [6, 6.07) is -0.695. The van der Waals surface area contributed by atoms with Gasteiger partial charge in [-0.25, -0.2) is 0 Å². The lowest BCUT2D eigenvalue weighted by Crippen LogP contribution is -2.46. The molecule has 0 radical (unpaired) electrons. The molecule has 0 bridgehead atoms. The monoisotopic (exact) mass is 778 g/mol. The molecule has 3 N–H and O–H groups in total. The lowest BCUT2D eigenvalue weighted by molar-refractivity contribution is -0.151. The van der Waals surface area contributed by atoms with Crippen LogP contribution in [0.2, 0.25) is 0 Å². The van der Waals surface area contributed by atoms with E-state index >= 15 is 0 Å². The summed E-state index contributed by atoms with van der Waals surface area (Å²) in [5.74, 6) is -0.472. The Bertz CT molecular complexity index is 832. The van der Waals surface area contributed by atoms with E-state index in [1.165, 1.54) is 161 Å². The van der Waals surface area contributed by atoms with E-state index in [4.69, 9.17) is 4.74 Å². The largest absolute Gasteiger partial charge is 0.462 e. The molecule has 55 heavy (non-hydrogen) atoms. The first-order valence-electron chi connectivity index (χ1n) is 24.4. The Balaban J connectivity index is 4.54. The van der Waals surface area contributed by atoms with Gasteiger partial charge in [0.15, 0.2) is 0 Å². The molecule has 6 heteroatoms. The summed E-state index contributed by atoms with van der Waals surface area (Å²) in [4.78, 5) is 26.0. The summed E-state index contributed by atoms with van der Waals surface area (Å²) in [6.45, 7) is 6.43. The molecule has 0 fully saturated rings. The highest BCUT2D eigenvalue weighted by Gasteiger charge is 2.24. The van der Waals surface area contributed by atoms with Crippen molar-refractivity contribution in [3.8, 4) is 0 Å². The second kappa shape index (κ2) is 43.7. The molecule has 0 rings (SSSR count). The average molecular weight is 778 g/mol. The van der Waals surface area contributed by atoms with E-state index in [2.05, 4.69) is 38.2 Å². The fourth-order valence-corrected chi connectivity index (χ4v) is 7.61. The number of ether oxygens (including phenoxy) is 1. The molecular weight excluding hydrogens is 683 g/mol. The van der Waals surface area contributed by atoms with Gasteiger partial charge in [-0.2, -0.15) is 0 Å². The Kier molecular flexibility index (Phi) is 42.6. The molecular formula is C49H95NO5. The zero-order valence-corrected chi connectivity index (χ0v) is 37.1. The van der Waals surface area contributed by atoms with E-state index in [0.29, 0.717) is 19.3 Å². The molecule has 0 aliphatic heterocycles. The summed E-state index contributed by atoms with van der Waals surface area (Å²) in [5, 5.41) is 23.7. The minimum atomic E-state index is -0.781. The van der Waals surface area contributed by atoms with Crippen LogP contribution in [0.3, 0.4) is 0 Å². The first kappa shape index (κ1) is 53.6. The van der Waals surface area contributed by atoms with Gasteiger partial charge in [0, 0.05) is 6.42 Å². The van der Waals surface area contributed by atoms with E-state index in [1.807, 2.05) is 0 Å². The number of hydrogen-bond donors (Lipinski definition) is 3. The molecule has 0 heterocycles. The molecule has 0 saturated carbocycles. The Morgan fingerprint density at radius 1 is 0.509 bits per heavy atom. The predicted octanol–water partition coefficient (Wildman–Crippen LogP) is 14.2. The van der Waals surface area contributed by atoms with Crippen LogP contribution in [0, 0.1) is 0 Å². The van der Waals surface area contributed by atoms with Gasteiger partial charge in [0.2, 0.25) is 5.91 Å². The highest BCUT2D eigenvalue weighted by molar-refractivity contribution is 5.77. The number of carbonyl (C=O) groups is 2. The van der Waals surface area contributed by atoms with Crippen molar-refractivity contribution in [2.75, 3.05) is 6.61 Å². The van der Waals surface area contributed by atoms with Crippen LogP contribution in [0.25, 0.3) is 0 Å². The van der Waals surface area contributed by atoms with Crippen molar-refractivity contribution >= 4 is 11.9 Å². The van der Waals surface area contributed by atoms with Crippen molar-refractivity contribution < 1.29 is 24.5 Å². The summed E-state index contributed by atoms with van der Waals surface area (Å²) < 4.78 is 5.91. The van der Waals surface area contributed by atoms with Crippen LogP contribution >= 0.6 is 0 Å². The Labute approximate surface area is 342 Å². The second-order valence-electron chi connectivity index (χ2n) is 16.9. The summed E-state index contributed by atoms with van der Waals surface area (Å²) in [7, 11) is 0. The number of carbonyl (C=O) groups excluding carboxylic acids is 2. The van der Waals surface area contributed by atoms with Crippen molar-refractivity contribution in [3.05, 3.63) is 12.2 Å². The Morgan fingerprint density at radius 3 is 1.36 bits per heavy atom. The van der Waals surface area contributed by atoms with Crippen molar-refractivity contribution in [1.29, 1.82) is 0 Å². The van der Waals surface area contributed by atoms with Crippen LogP contribution < -0.4 is 5.32 Å². The lowest BCUT2D eigenvalue weighted by atomic mass is 10.0. The highest BCUT2D eigenvalue weighted by Crippen LogP contribution is 2.18. The van der Waals surface area contributed by atoms with Crippen molar-refractivity contribution in [3.63, 3.8) is 0 Å². The Morgan fingerprint density at radius 2 is 0.909 bits per heavy atom. The van der Waals surface area contributed by atoms with Gasteiger partial charge in [-0.15, -0.1) is 0 Å². The standard InChI is InChI=1S/C49H95NO5/c1-4-7-10-13-16-19-22-23-24-25-27-28-31-34-37-40-45(55-49(54)42-39-36-33-30-21-18-15-12-9-6-3)43-48(53)50-46(44-51)47(52)41-38-35-32-29-26-20-17-14-11-8-5-2/h12,15,45-47,51-52H,4-11,13-14,16-44H2,1-3H3,(H,50,53)/b15-12-. The number of hydrogen-bond acceptors (Lipinski definition) is 5. The summed E-state index contributed by atoms with van der Waals surface area (Å²) in [6.07, 6.45) is 47.0. The molecule has 1 amide bonds. The Hall–Kier alpha value is -1.40. The molecule has 0 aliphatic rings. The number of nitrogens with one attached hydrogen (secondary N) is 1. The zero-order valence-electron chi connectivity index (χ0n) is 37.1. The molecule has 0 saturated heterocycles. The van der Waals surface area contributed by atoms with Crippen LogP contribution in [-0.4, -0.2) is 46.9 Å². The van der Waals surface area contributed by atoms with Crippen LogP contribution in [0.15, 0.2) is 12.2 Å². The fraction of sp³-hybridized carbons (Fsp3) is 0.918. The topological polar surface area (TPSA) is 95.9 Å². The molecule has 326 valence electrons. The predicted molar refractivity (Wildman–Crippen MR) is 237 cm³/mol. The smallest absolute Gasteiger partial charge is 0.306 e. The number of allylic oxidation sites excluding steroid dienone is 2. The minimum Gasteiger partial charge on any atom is -0.462 e. The zero-order chi connectivity index (χ0) is 40.3. The normalized spacial score (nSPS) is 13.3. The van der Waals surface area contributed by atoms with Gasteiger partial charge in [0.25, 0.3) is 0 Å². The SMILES string of the molecule is CCC/C=C\CCCCCCCC(=O)OC(CCCCCCCCCCCCCCCCC)CC(=O)NC(CO)C(O)CCCCCCCCCCCCC. The number of unbranched alkanes of at least 4 members (excludes halogenated alkanes) is 30. The number of rotatable bonds is 44. The van der Waals surface area contributed by atoms with E-state index < -0.39 is 18.2 Å². The van der Waals surface area contributed by atoms with Crippen LogP contribution in [0.4, 0.5) is 0 Å². The molecule has 6 nitrogen and oxygen atoms in total. The number of aliphatic hydroxyl groups is 2. The third-order valence-electron chi connectivity index (χ3n) is 11.3. The molecule has 3 unspecified atom stereocenters. The van der Waals surface area contributed by atoms with E-state index in [0.717, 1.165) is 57.8 Å². The fourth-order valence-electron chi connectivity index (χ4n) is 7.61. The van der Waals surface area contributed by atoms with Gasteiger partial charge >= 0.3 is 5.97 Å². The number of esters is 1. The van der Waals surface area contributed by atoms with Crippen LogP contribution in [-0.2, 0) is 14.3 Å². The molecule has 0 aromatic rings. The van der Waals surface area contributed by atoms with Gasteiger partial charge in [0.1, 0.15) is 6.10 Å². The van der Waals surface area contributed by atoms with Crippen molar-refractivity contribution in [2.24, 2.45) is 0 Å². The molecule has 3 atom stereocenters. The van der Waals surface area contributed by atoms with Gasteiger partial charge in [-0.1, -0.05) is 219 Å². The van der Waals surface area contributed by atoms with Gasteiger partial charge in [0.05, 0.1) is 25.2 Å². The first-order chi connectivity index (χ1) is 27.0. The maximum Gasteiger partial charge on any atom is 0.306 e. The highest BCUT2D eigenvalue weighted by atomic mass is 16.5. The third-order valence-corrected chi connectivity index (χ3v) is 11.3. The van der Waals surface area contributed by atoms with Crippen molar-refractivity contribution in [2.45, 2.75) is 283 Å². The molecule has 0 aliphatic carbocycles. The molecule has 0 aromatic carbocycles. The number of amides is 1. The first-order valence-corrected chi connectivity index (χ1v) is 24.4. The lowest BCUT2D eigenvalue weighted by Gasteiger charge is -2.24. The van der Waals surface area contributed by atoms with Crippen molar-refractivity contribution in [1.82, 2.24) is 5.32 Å². The minimum absolute atomic E-state index is 0.0809. The van der Waals surface area contributed by atoms with Gasteiger partial charge in [-0.3, -0.25) is 9.59 Å². The maximum atomic E-state index is 13.1. The third kappa shape index (κ3) is 39.2. The van der Waals surface area contributed by atoms with E-state index in [9.17, 15) is 19.8 Å². The van der Waals surface area contributed by atoms with Gasteiger partial charge in [-0.05, 0) is 44.9 Å². The van der Waals surface area contributed by atoms with E-state index in [-0.39, 0.29) is 24.9 Å². The molecule has 0 spiro atoms. The average Bonchev–Trinajstić information content (AvgIpc) is 3.18. The van der Waals surface area contributed by atoms with Crippen LogP contribution in [0.5, 0.6) is 0 Å². The molecule has 0 aromatic heterocycles. The quantitative estimate of drug-likeness (QED) is 0.0325. The maximum absolute atomic E-state index is 13.1. The summed E-state index contributed by atoms with van der Waals surface area (Å²) in [5.41, 5.74) is 0. The van der Waals surface area contributed by atoms with E-state index in [1.54, 1.807) is 0 Å². The second-order valence-corrected chi connectivity index (χ2v) is 16.9. The summed E-state index contributed by atoms with van der Waals surface area (Å²) >= 11 is 0. The van der Waals surface area contributed by atoms with Gasteiger partial charge < -0.3 is 20.3 Å². The van der Waals surface area contributed by atoms with Crippen LogP contribution in [0.1, 0.15) is 265 Å². The number of aliphatic hydroxyl groups excluding tert-OH is 2.